The zero-order valence-electron chi connectivity index (χ0n) is 55.9. The van der Waals surface area contributed by atoms with Gasteiger partial charge in [0.25, 0.3) is 6.71 Å². The van der Waals surface area contributed by atoms with Crippen molar-refractivity contribution < 1.29 is 0 Å². The summed E-state index contributed by atoms with van der Waals surface area (Å²) in [6.07, 6.45) is 0. The van der Waals surface area contributed by atoms with Crippen molar-refractivity contribution in [2.75, 3.05) is 14.7 Å². The third-order valence-corrected chi connectivity index (χ3v) is 21.6. The first-order valence-electron chi connectivity index (χ1n) is 35.4. The highest BCUT2D eigenvalue weighted by atomic mass is 15.2. The number of benzene rings is 16. The largest absolute Gasteiger partial charge is 0.310 e. The lowest BCUT2D eigenvalue weighted by atomic mass is 9.33. The van der Waals surface area contributed by atoms with E-state index in [1.165, 1.54) is 60.5 Å². The van der Waals surface area contributed by atoms with Gasteiger partial charge in [-0.1, -0.05) is 328 Å². The average molecular weight is 1300 g/mol. The molecule has 0 atom stereocenters. The van der Waals surface area contributed by atoms with Gasteiger partial charge >= 0.3 is 0 Å². The normalized spacial score (nSPS) is 12.9. The third kappa shape index (κ3) is 9.11. The summed E-state index contributed by atoms with van der Waals surface area (Å²) in [6, 6.07) is 147. The average Bonchev–Trinajstić information content (AvgIpc) is 1.30. The van der Waals surface area contributed by atoms with Gasteiger partial charge in [0.05, 0.1) is 33.5 Å². The van der Waals surface area contributed by atoms with Crippen LogP contribution < -0.4 is 31.1 Å². The minimum absolute atomic E-state index is 0.331. The lowest BCUT2D eigenvalue weighted by molar-refractivity contribution is 0.769. The van der Waals surface area contributed by atoms with Crippen LogP contribution in [-0.4, -0.2) is 11.3 Å². The molecule has 2 aliphatic heterocycles. The van der Waals surface area contributed by atoms with Gasteiger partial charge in [0.15, 0.2) is 0 Å². The molecule has 0 saturated carbocycles. The highest BCUT2D eigenvalue weighted by molar-refractivity contribution is 7.00. The van der Waals surface area contributed by atoms with Crippen LogP contribution in [0.1, 0.15) is 22.3 Å². The fraction of sp³-hybridized carbons (Fsp3) is 0.0103. The molecule has 20 rings (SSSR count). The van der Waals surface area contributed by atoms with Crippen molar-refractivity contribution in [3.8, 4) is 61.3 Å². The molecule has 17 aromatic rings. The minimum Gasteiger partial charge on any atom is -0.310 e. The molecule has 102 heavy (non-hydrogen) atoms. The first kappa shape index (κ1) is 58.9. The fourth-order valence-corrected chi connectivity index (χ4v) is 17.4. The quantitative estimate of drug-likeness (QED) is 0.113. The van der Waals surface area contributed by atoms with E-state index < -0.39 is 5.41 Å². The fourth-order valence-electron chi connectivity index (χ4n) is 17.4. The van der Waals surface area contributed by atoms with Gasteiger partial charge in [-0.05, 0) is 139 Å². The van der Waals surface area contributed by atoms with Crippen LogP contribution in [0.4, 0.5) is 51.2 Å². The standard InChI is InChI=1S/C97H65BN4/c1-9-33-66(34-10-1)76-52-31-53-77(67-35-11-2-12-36-67)95(76)101-90-61-74(100-88-57-29-26-50-81(88)82-51-27-30-58-89(82)100)59-60-86(90)98-87-65-85-83(80-49-25-28-56-84(80)97(85,70-41-17-5-18-42-70)71-43-19-6-20-44-71)64-91(87)102(96-78(68-37-13-3-14-38-68)54-32-55-79(96)69-39-15-4-16-40-69)93-63-75(62-92(101)94(93)98)99(72-45-21-7-22-46-72)73-47-23-8-24-48-73/h1-65H. The number of hydrogen-bond acceptors (Lipinski definition) is 3. The topological polar surface area (TPSA) is 14.7 Å². The Morgan fingerprint density at radius 3 is 1.10 bits per heavy atom. The summed E-state index contributed by atoms with van der Waals surface area (Å²) in [7, 11) is 0. The molecule has 0 fully saturated rings. The predicted octanol–water partition coefficient (Wildman–Crippen LogP) is 23.4. The number of para-hydroxylation sites is 6. The molecule has 4 nitrogen and oxygen atoms in total. The number of anilines is 9. The summed E-state index contributed by atoms with van der Waals surface area (Å²) in [6.45, 7) is -0.331. The van der Waals surface area contributed by atoms with Crippen molar-refractivity contribution in [3.63, 3.8) is 0 Å². The Hall–Kier alpha value is -13.2. The Labute approximate surface area is 594 Å². The van der Waals surface area contributed by atoms with Gasteiger partial charge in [-0.15, -0.1) is 0 Å². The Bertz CT molecular complexity index is 5820. The van der Waals surface area contributed by atoms with E-state index in [0.29, 0.717) is 0 Å². The van der Waals surface area contributed by atoms with Crippen molar-refractivity contribution in [1.29, 1.82) is 0 Å². The number of hydrogen-bond donors (Lipinski definition) is 0. The lowest BCUT2D eigenvalue weighted by Crippen LogP contribution is -2.61. The van der Waals surface area contributed by atoms with Crippen LogP contribution in [0, 0.1) is 0 Å². The second kappa shape index (κ2) is 24.1. The summed E-state index contributed by atoms with van der Waals surface area (Å²) in [5.41, 5.74) is 32.3. The van der Waals surface area contributed by atoms with Gasteiger partial charge in [0, 0.05) is 72.8 Å². The Morgan fingerprint density at radius 2 is 0.637 bits per heavy atom. The van der Waals surface area contributed by atoms with E-state index in [4.69, 9.17) is 0 Å². The first-order chi connectivity index (χ1) is 50.7. The summed E-state index contributed by atoms with van der Waals surface area (Å²) in [4.78, 5) is 7.87. The Balaban J connectivity index is 1.01. The smallest absolute Gasteiger partial charge is 0.252 e. The summed E-state index contributed by atoms with van der Waals surface area (Å²) >= 11 is 0. The molecule has 0 spiro atoms. The van der Waals surface area contributed by atoms with E-state index in [2.05, 4.69) is 414 Å². The minimum atomic E-state index is -0.701. The zero-order chi connectivity index (χ0) is 67.2. The highest BCUT2D eigenvalue weighted by Crippen LogP contribution is 2.60. The predicted molar refractivity (Wildman–Crippen MR) is 429 cm³/mol. The molecule has 0 unspecified atom stereocenters. The van der Waals surface area contributed by atoms with Gasteiger partial charge in [0.1, 0.15) is 0 Å². The molecule has 16 aromatic carbocycles. The monoisotopic (exact) mass is 1300 g/mol. The maximum absolute atomic E-state index is 2.71. The van der Waals surface area contributed by atoms with Crippen LogP contribution >= 0.6 is 0 Å². The van der Waals surface area contributed by atoms with Gasteiger partial charge in [0.2, 0.25) is 0 Å². The van der Waals surface area contributed by atoms with E-state index >= 15 is 0 Å². The van der Waals surface area contributed by atoms with Crippen molar-refractivity contribution in [1.82, 2.24) is 4.57 Å². The van der Waals surface area contributed by atoms with Crippen molar-refractivity contribution in [2.45, 2.75) is 5.41 Å². The molecule has 0 amide bonds. The molecule has 0 bridgehead atoms. The molecule has 1 aliphatic carbocycles. The van der Waals surface area contributed by atoms with Gasteiger partial charge in [-0.2, -0.15) is 0 Å². The molecule has 5 heteroatoms. The van der Waals surface area contributed by atoms with Crippen molar-refractivity contribution >= 4 is 96.1 Å². The van der Waals surface area contributed by atoms with Crippen molar-refractivity contribution in [2.24, 2.45) is 0 Å². The molecule has 0 radical (unpaired) electrons. The SMILES string of the molecule is c1ccc(-c2cccc(-c3ccccc3)c2N2c3cc(-n4c5ccccc5c5ccccc54)ccc3B3c4cc5c(cc4N(c4c(-c6ccccc6)cccc4-c4ccccc4)c4cc(N(c6ccccc6)c6ccccc6)cc2c43)-c2ccccc2C5(c2ccccc2)c2ccccc2)cc1. The second-order valence-electron chi connectivity index (χ2n) is 27.0. The summed E-state index contributed by atoms with van der Waals surface area (Å²) < 4.78 is 2.49. The Morgan fingerprint density at radius 1 is 0.255 bits per heavy atom. The van der Waals surface area contributed by atoms with Crippen molar-refractivity contribution in [3.05, 3.63) is 417 Å². The molecular formula is C97H65BN4. The second-order valence-corrected chi connectivity index (χ2v) is 27.0. The maximum Gasteiger partial charge on any atom is 0.252 e. The number of nitrogens with zero attached hydrogens (tertiary/aromatic N) is 4. The van der Waals surface area contributed by atoms with E-state index in [-0.39, 0.29) is 6.71 Å². The third-order valence-electron chi connectivity index (χ3n) is 21.6. The van der Waals surface area contributed by atoms with E-state index in [1.54, 1.807) is 0 Å². The Kier molecular flexibility index (Phi) is 13.9. The molecule has 476 valence electrons. The molecule has 0 saturated heterocycles. The van der Waals surface area contributed by atoms with Crippen LogP contribution in [-0.2, 0) is 5.41 Å². The van der Waals surface area contributed by atoms with E-state index in [1.807, 2.05) is 0 Å². The van der Waals surface area contributed by atoms with Crippen LogP contribution in [0.25, 0.3) is 83.1 Å². The summed E-state index contributed by atoms with van der Waals surface area (Å²) in [5, 5.41) is 2.43. The zero-order valence-corrected chi connectivity index (χ0v) is 55.9. The number of aromatic nitrogens is 1. The summed E-state index contributed by atoms with van der Waals surface area (Å²) in [5.74, 6) is 0. The van der Waals surface area contributed by atoms with E-state index in [9.17, 15) is 0 Å². The van der Waals surface area contributed by atoms with Gasteiger partial charge in [-0.25, -0.2) is 0 Å². The maximum atomic E-state index is 2.71. The van der Waals surface area contributed by atoms with Gasteiger partial charge < -0.3 is 19.3 Å². The van der Waals surface area contributed by atoms with Crippen LogP contribution in [0.15, 0.2) is 394 Å². The molecule has 3 aliphatic rings. The molecule has 1 aromatic heterocycles. The molecule has 3 heterocycles. The van der Waals surface area contributed by atoms with Crippen LogP contribution in [0.5, 0.6) is 0 Å². The first-order valence-corrected chi connectivity index (χ1v) is 35.4. The lowest BCUT2D eigenvalue weighted by Gasteiger charge is -2.47. The number of rotatable bonds is 12. The van der Waals surface area contributed by atoms with Gasteiger partial charge in [-0.3, -0.25) is 0 Å². The highest BCUT2D eigenvalue weighted by Gasteiger charge is 2.51. The molecule has 0 N–H and O–H groups in total. The van der Waals surface area contributed by atoms with Crippen LogP contribution in [0.3, 0.4) is 0 Å². The molecular weight excluding hydrogens is 1230 g/mol. The van der Waals surface area contributed by atoms with Crippen LogP contribution in [0.2, 0.25) is 0 Å². The number of fused-ring (bicyclic) bond motifs is 10. The van der Waals surface area contributed by atoms with E-state index in [0.717, 1.165) is 112 Å².